The molecule has 4 fully saturated rings. The Balaban J connectivity index is 0.00000196. The second kappa shape index (κ2) is 7.26. The van der Waals surface area contributed by atoms with Crippen LogP contribution in [0.4, 0.5) is 0 Å². The Labute approximate surface area is 179 Å². The first kappa shape index (κ1) is 21.5. The van der Waals surface area contributed by atoms with Crippen molar-refractivity contribution in [3.05, 3.63) is 0 Å². The number of fused-ring (bicyclic) bond motifs is 5. The van der Waals surface area contributed by atoms with E-state index in [9.17, 15) is 18.1 Å². The first-order chi connectivity index (χ1) is 11.6. The summed E-state index contributed by atoms with van der Waals surface area (Å²) in [4.78, 5) is 0. The Kier molecular flexibility index (Phi) is 6.02. The molecule has 0 unspecified atom stereocenters. The first-order valence-corrected chi connectivity index (χ1v) is 11.3. The van der Waals surface area contributed by atoms with Crippen LogP contribution in [0.1, 0.15) is 71.6 Å². The molecule has 0 heterocycles. The largest absolute Gasteiger partial charge is 1.00 e. The molecule has 5 nitrogen and oxygen atoms in total. The molecule has 0 aromatic rings. The van der Waals surface area contributed by atoms with Gasteiger partial charge in [-0.05, 0) is 92.3 Å². The molecule has 0 spiro atoms. The van der Waals surface area contributed by atoms with E-state index in [0.717, 1.165) is 38.5 Å². The molecular formula is C19H31NaO5S. The van der Waals surface area contributed by atoms with E-state index in [-0.39, 0.29) is 41.1 Å². The molecule has 4 aliphatic rings. The van der Waals surface area contributed by atoms with E-state index in [2.05, 4.69) is 13.8 Å². The number of aliphatic hydroxyl groups is 1. The number of rotatable bonds is 2. The van der Waals surface area contributed by atoms with Crippen LogP contribution in [-0.2, 0) is 14.6 Å². The molecule has 0 aromatic heterocycles. The van der Waals surface area contributed by atoms with Crippen molar-refractivity contribution in [1.29, 1.82) is 0 Å². The third-order valence-electron chi connectivity index (χ3n) is 8.79. The van der Waals surface area contributed by atoms with E-state index in [1.54, 1.807) is 0 Å². The molecule has 0 radical (unpaired) electrons. The van der Waals surface area contributed by atoms with Crippen LogP contribution in [0, 0.1) is 34.5 Å². The second-order valence-corrected chi connectivity index (χ2v) is 10.7. The summed E-state index contributed by atoms with van der Waals surface area (Å²) in [6, 6.07) is 0. The average Bonchev–Trinajstić information content (AvgIpc) is 2.83. The smallest absolute Gasteiger partial charge is 0.726 e. The molecule has 4 aliphatic carbocycles. The van der Waals surface area contributed by atoms with Crippen LogP contribution in [0.25, 0.3) is 0 Å². The van der Waals surface area contributed by atoms with Gasteiger partial charge in [0.05, 0.1) is 12.2 Å². The first-order valence-electron chi connectivity index (χ1n) is 9.96. The Morgan fingerprint density at radius 3 is 2.31 bits per heavy atom. The van der Waals surface area contributed by atoms with Gasteiger partial charge < -0.3 is 9.66 Å². The standard InChI is InChI=1S/C19H32O5S.Na/c1-18-9-7-13(20)11-12(18)3-4-14-15-5-6-17(24-25(21,22)23)19(15,2)10-8-16(14)18;/h12-17,20H,3-11H2,1-2H3,(H,21,22,23);/q;+1/p-1/t12-,13+,14-,15-,16-,17-,18-,19-;/m0./s1. The molecule has 0 saturated heterocycles. The summed E-state index contributed by atoms with van der Waals surface area (Å²) in [6.45, 7) is 4.59. The maximum Gasteiger partial charge on any atom is 1.00 e. The van der Waals surface area contributed by atoms with Crippen LogP contribution >= 0.6 is 0 Å². The van der Waals surface area contributed by atoms with Crippen molar-refractivity contribution >= 4 is 10.4 Å². The van der Waals surface area contributed by atoms with Crippen LogP contribution < -0.4 is 29.6 Å². The zero-order valence-electron chi connectivity index (χ0n) is 16.3. The van der Waals surface area contributed by atoms with Crippen molar-refractivity contribution in [2.75, 3.05) is 0 Å². The van der Waals surface area contributed by atoms with Crippen LogP contribution in [0.5, 0.6) is 0 Å². The van der Waals surface area contributed by atoms with Gasteiger partial charge in [-0.3, -0.25) is 4.18 Å². The van der Waals surface area contributed by atoms with Gasteiger partial charge in [-0.25, -0.2) is 8.42 Å². The topological polar surface area (TPSA) is 86.7 Å². The molecule has 4 rings (SSSR count). The minimum Gasteiger partial charge on any atom is -0.726 e. The van der Waals surface area contributed by atoms with E-state index >= 15 is 0 Å². The monoisotopic (exact) mass is 394 g/mol. The summed E-state index contributed by atoms with van der Waals surface area (Å²) in [5, 5.41) is 10.1. The molecule has 0 amide bonds. The summed E-state index contributed by atoms with van der Waals surface area (Å²) in [5.41, 5.74) is 0.128. The second-order valence-electron chi connectivity index (χ2n) is 9.70. The van der Waals surface area contributed by atoms with E-state index in [4.69, 9.17) is 4.18 Å². The molecule has 0 aromatic carbocycles. The van der Waals surface area contributed by atoms with Gasteiger partial charge >= 0.3 is 29.6 Å². The molecule has 0 aliphatic heterocycles. The van der Waals surface area contributed by atoms with E-state index in [1.807, 2.05) is 0 Å². The van der Waals surface area contributed by atoms with Crippen LogP contribution in [0.15, 0.2) is 0 Å². The maximum absolute atomic E-state index is 11.2. The van der Waals surface area contributed by atoms with Gasteiger partial charge in [-0.1, -0.05) is 13.8 Å². The molecular weight excluding hydrogens is 363 g/mol. The van der Waals surface area contributed by atoms with Crippen molar-refractivity contribution in [3.63, 3.8) is 0 Å². The Morgan fingerprint density at radius 1 is 0.962 bits per heavy atom. The molecule has 26 heavy (non-hydrogen) atoms. The van der Waals surface area contributed by atoms with Gasteiger partial charge in [0, 0.05) is 0 Å². The molecule has 1 N–H and O–H groups in total. The Morgan fingerprint density at radius 2 is 1.62 bits per heavy atom. The van der Waals surface area contributed by atoms with Crippen molar-refractivity contribution in [2.45, 2.75) is 83.8 Å². The van der Waals surface area contributed by atoms with Crippen molar-refractivity contribution in [2.24, 2.45) is 34.5 Å². The third kappa shape index (κ3) is 3.46. The molecule has 8 atom stereocenters. The van der Waals surface area contributed by atoms with Crippen molar-refractivity contribution < 1.29 is 51.8 Å². The Hall–Kier alpha value is 0.830. The summed E-state index contributed by atoms with van der Waals surface area (Å²) in [6.07, 6.45) is 8.45. The van der Waals surface area contributed by atoms with E-state index in [1.165, 1.54) is 12.8 Å². The van der Waals surface area contributed by atoms with Gasteiger partial charge in [-0.2, -0.15) is 0 Å². The van der Waals surface area contributed by atoms with Gasteiger partial charge in [0.2, 0.25) is 10.4 Å². The van der Waals surface area contributed by atoms with Gasteiger partial charge in [0.1, 0.15) is 0 Å². The SMILES string of the molecule is C[C@]12CC[C@@H](O)C[C@@H]1CC[C@@H]1[C@@H]2CC[C@]2(C)[C@@H](OS(=O)(=O)[O-])CC[C@@H]12.[Na+]. The Bertz CT molecular complexity index is 640. The van der Waals surface area contributed by atoms with Crippen LogP contribution in [0.2, 0.25) is 0 Å². The number of hydrogen-bond donors (Lipinski definition) is 1. The van der Waals surface area contributed by atoms with Crippen LogP contribution in [-0.4, -0.2) is 30.3 Å². The minimum absolute atomic E-state index is 0. The summed E-state index contributed by atoms with van der Waals surface area (Å²) < 4.78 is 38.4. The maximum atomic E-state index is 11.2. The average molecular weight is 395 g/mol. The van der Waals surface area contributed by atoms with E-state index < -0.39 is 16.5 Å². The molecule has 0 bridgehead atoms. The van der Waals surface area contributed by atoms with Crippen LogP contribution in [0.3, 0.4) is 0 Å². The summed E-state index contributed by atoms with van der Waals surface area (Å²) >= 11 is 0. The predicted molar refractivity (Wildman–Crippen MR) is 92.3 cm³/mol. The zero-order valence-corrected chi connectivity index (χ0v) is 19.1. The minimum atomic E-state index is -4.64. The summed E-state index contributed by atoms with van der Waals surface area (Å²) in [5.74, 6) is 2.36. The molecule has 144 valence electrons. The fraction of sp³-hybridized carbons (Fsp3) is 1.00. The van der Waals surface area contributed by atoms with Crippen molar-refractivity contribution in [3.8, 4) is 0 Å². The summed E-state index contributed by atoms with van der Waals surface area (Å²) in [7, 11) is -4.64. The van der Waals surface area contributed by atoms with E-state index in [0.29, 0.717) is 35.5 Å². The zero-order chi connectivity index (χ0) is 18.0. The quantitative estimate of drug-likeness (QED) is 0.412. The fourth-order valence-corrected chi connectivity index (χ4v) is 8.09. The van der Waals surface area contributed by atoms with Gasteiger partial charge in [0.15, 0.2) is 0 Å². The normalized spacial score (nSPS) is 50.9. The number of hydrogen-bond acceptors (Lipinski definition) is 5. The molecule has 4 saturated carbocycles. The van der Waals surface area contributed by atoms with Gasteiger partial charge in [0.25, 0.3) is 0 Å². The van der Waals surface area contributed by atoms with Gasteiger partial charge in [-0.15, -0.1) is 0 Å². The third-order valence-corrected chi connectivity index (χ3v) is 9.25. The molecule has 7 heteroatoms. The number of aliphatic hydroxyl groups excluding tert-OH is 1. The van der Waals surface area contributed by atoms with Crippen molar-refractivity contribution in [1.82, 2.24) is 0 Å². The fourth-order valence-electron chi connectivity index (χ4n) is 7.49. The predicted octanol–water partition coefficient (Wildman–Crippen LogP) is 0.239.